The Bertz CT molecular complexity index is 739. The van der Waals surface area contributed by atoms with Crippen LogP contribution in [0.1, 0.15) is 29.5 Å². The average molecular weight is 325 g/mol. The van der Waals surface area contributed by atoms with Crippen LogP contribution in [0.2, 0.25) is 0 Å². The number of guanidine groups is 1. The summed E-state index contributed by atoms with van der Waals surface area (Å²) in [4.78, 5) is 4.39. The molecule has 5 nitrogen and oxygen atoms in total. The van der Waals surface area contributed by atoms with E-state index in [-0.39, 0.29) is 0 Å². The van der Waals surface area contributed by atoms with Crippen LogP contribution in [0.3, 0.4) is 0 Å². The third kappa shape index (κ3) is 3.62. The first kappa shape index (κ1) is 16.2. The minimum absolute atomic E-state index is 0.302. The maximum atomic E-state index is 10.2. The number of aromatic hydroxyl groups is 1. The van der Waals surface area contributed by atoms with E-state index >= 15 is 0 Å². The monoisotopic (exact) mass is 325 g/mol. The van der Waals surface area contributed by atoms with Gasteiger partial charge in [0, 0.05) is 11.3 Å². The molecule has 126 valence electrons. The van der Waals surface area contributed by atoms with Crippen molar-refractivity contribution in [1.82, 2.24) is 0 Å². The molecule has 5 heteroatoms. The van der Waals surface area contributed by atoms with Crippen molar-refractivity contribution in [3.8, 4) is 11.5 Å². The Labute approximate surface area is 142 Å². The number of hydrogen-bond donors (Lipinski definition) is 3. The highest BCUT2D eigenvalue weighted by Crippen LogP contribution is 2.31. The second-order valence-electron chi connectivity index (χ2n) is 5.96. The molecule has 0 amide bonds. The van der Waals surface area contributed by atoms with Crippen molar-refractivity contribution < 1.29 is 9.84 Å². The number of methoxy groups -OCH3 is 1. The Morgan fingerprint density at radius 3 is 2.67 bits per heavy atom. The molecule has 0 heterocycles. The molecule has 4 N–H and O–H groups in total. The average Bonchev–Trinajstić information content (AvgIpc) is 2.61. The van der Waals surface area contributed by atoms with Crippen LogP contribution in [-0.4, -0.2) is 18.2 Å². The molecule has 0 unspecified atom stereocenters. The zero-order chi connectivity index (χ0) is 16.9. The van der Waals surface area contributed by atoms with E-state index in [0.717, 1.165) is 36.3 Å². The topological polar surface area (TPSA) is 79.9 Å². The minimum Gasteiger partial charge on any atom is -0.508 e. The van der Waals surface area contributed by atoms with Crippen LogP contribution >= 0.6 is 0 Å². The predicted molar refractivity (Wildman–Crippen MR) is 96.7 cm³/mol. The van der Waals surface area contributed by atoms with E-state index in [0.29, 0.717) is 18.3 Å². The maximum absolute atomic E-state index is 10.2. The number of nitrogens with one attached hydrogen (secondary N) is 1. The molecule has 2 aromatic carbocycles. The number of anilines is 1. The van der Waals surface area contributed by atoms with Gasteiger partial charge in [-0.05, 0) is 67.1 Å². The van der Waals surface area contributed by atoms with E-state index in [4.69, 9.17) is 10.5 Å². The van der Waals surface area contributed by atoms with E-state index in [1.807, 2.05) is 30.3 Å². The fraction of sp³-hybridized carbons (Fsp3) is 0.316. The SMILES string of the molecule is COc1ccc(NC(N)=NCc2c(O)ccc3c2CCCC3)cc1. The van der Waals surface area contributed by atoms with Crippen LogP contribution in [0, 0.1) is 0 Å². The van der Waals surface area contributed by atoms with Gasteiger partial charge in [0.25, 0.3) is 0 Å². The lowest BCUT2D eigenvalue weighted by Gasteiger charge is -2.19. The molecule has 0 atom stereocenters. The van der Waals surface area contributed by atoms with Gasteiger partial charge in [0.1, 0.15) is 11.5 Å². The lowest BCUT2D eigenvalue weighted by Crippen LogP contribution is -2.22. The normalized spacial score (nSPS) is 14.1. The van der Waals surface area contributed by atoms with Gasteiger partial charge in [-0.25, -0.2) is 4.99 Å². The van der Waals surface area contributed by atoms with Crippen molar-refractivity contribution in [3.63, 3.8) is 0 Å². The molecule has 1 aliphatic carbocycles. The van der Waals surface area contributed by atoms with Crippen molar-refractivity contribution in [2.75, 3.05) is 12.4 Å². The summed E-state index contributed by atoms with van der Waals surface area (Å²) >= 11 is 0. The Balaban J connectivity index is 1.72. The van der Waals surface area contributed by atoms with Crippen LogP contribution < -0.4 is 15.8 Å². The summed E-state index contributed by atoms with van der Waals surface area (Å²) in [6.07, 6.45) is 4.45. The largest absolute Gasteiger partial charge is 0.508 e. The van der Waals surface area contributed by atoms with Gasteiger partial charge in [-0.15, -0.1) is 0 Å². The smallest absolute Gasteiger partial charge is 0.193 e. The molecule has 2 aromatic rings. The number of nitrogens with two attached hydrogens (primary N) is 1. The van der Waals surface area contributed by atoms with E-state index in [9.17, 15) is 5.11 Å². The molecule has 3 rings (SSSR count). The molecule has 0 aliphatic heterocycles. The Kier molecular flexibility index (Phi) is 4.89. The highest BCUT2D eigenvalue weighted by molar-refractivity contribution is 5.92. The summed E-state index contributed by atoms with van der Waals surface area (Å²) in [7, 11) is 1.63. The van der Waals surface area contributed by atoms with Crippen molar-refractivity contribution in [3.05, 3.63) is 53.1 Å². The first-order valence-corrected chi connectivity index (χ1v) is 8.21. The van der Waals surface area contributed by atoms with E-state index in [1.165, 1.54) is 17.5 Å². The Hall–Kier alpha value is -2.69. The lowest BCUT2D eigenvalue weighted by molar-refractivity contribution is 0.415. The second kappa shape index (κ2) is 7.25. The van der Waals surface area contributed by atoms with Crippen LogP contribution in [0.25, 0.3) is 0 Å². The van der Waals surface area contributed by atoms with E-state index in [2.05, 4.69) is 10.3 Å². The molecule has 1 aliphatic rings. The third-order valence-corrected chi connectivity index (χ3v) is 4.40. The number of phenols is 1. The zero-order valence-electron chi connectivity index (χ0n) is 13.9. The summed E-state index contributed by atoms with van der Waals surface area (Å²) in [6, 6.07) is 11.3. The fourth-order valence-corrected chi connectivity index (χ4v) is 3.09. The second-order valence-corrected chi connectivity index (χ2v) is 5.96. The highest BCUT2D eigenvalue weighted by Gasteiger charge is 2.16. The summed E-state index contributed by atoms with van der Waals surface area (Å²) in [6.45, 7) is 0.379. The standard InChI is InChI=1S/C19H23N3O2/c1-24-15-9-7-14(8-10-15)22-19(20)21-12-17-16-5-3-2-4-13(16)6-11-18(17)23/h6-11,23H,2-5,12H2,1H3,(H3,20,21,22). The summed E-state index contributed by atoms with van der Waals surface area (Å²) in [5.41, 5.74) is 10.3. The number of ether oxygens (including phenoxy) is 1. The molecule has 0 spiro atoms. The van der Waals surface area contributed by atoms with E-state index < -0.39 is 0 Å². The molecular formula is C19H23N3O2. The quantitative estimate of drug-likeness (QED) is 0.596. The number of fused-ring (bicyclic) bond motifs is 1. The van der Waals surface area contributed by atoms with Crippen molar-refractivity contribution in [2.45, 2.75) is 32.2 Å². The predicted octanol–water partition coefficient (Wildman–Crippen LogP) is 3.21. The van der Waals surface area contributed by atoms with Gasteiger partial charge in [-0.3, -0.25) is 0 Å². The van der Waals surface area contributed by atoms with Crippen LogP contribution in [-0.2, 0) is 19.4 Å². The van der Waals surface area contributed by atoms with Gasteiger partial charge in [0.2, 0.25) is 0 Å². The van der Waals surface area contributed by atoms with Crippen LogP contribution in [0.5, 0.6) is 11.5 Å². The van der Waals surface area contributed by atoms with Gasteiger partial charge >= 0.3 is 0 Å². The van der Waals surface area contributed by atoms with Gasteiger partial charge in [0.05, 0.1) is 13.7 Å². The number of phenolic OH excluding ortho intramolecular Hbond substituents is 1. The first-order valence-electron chi connectivity index (χ1n) is 8.21. The molecular weight excluding hydrogens is 302 g/mol. The molecule has 0 aromatic heterocycles. The molecule has 0 bridgehead atoms. The van der Waals surface area contributed by atoms with Gasteiger partial charge in [-0.1, -0.05) is 6.07 Å². The van der Waals surface area contributed by atoms with Gasteiger partial charge in [0.15, 0.2) is 5.96 Å². The highest BCUT2D eigenvalue weighted by atomic mass is 16.5. The number of hydrogen-bond acceptors (Lipinski definition) is 3. The number of aryl methyl sites for hydroxylation is 1. The minimum atomic E-state index is 0.302. The molecule has 0 saturated carbocycles. The summed E-state index contributed by atoms with van der Waals surface area (Å²) < 4.78 is 5.13. The van der Waals surface area contributed by atoms with Gasteiger partial charge < -0.3 is 20.9 Å². The third-order valence-electron chi connectivity index (χ3n) is 4.40. The summed E-state index contributed by atoms with van der Waals surface area (Å²) in [5, 5.41) is 13.2. The molecule has 0 radical (unpaired) electrons. The first-order chi connectivity index (χ1) is 11.7. The summed E-state index contributed by atoms with van der Waals surface area (Å²) in [5.74, 6) is 1.42. The number of benzene rings is 2. The zero-order valence-corrected chi connectivity index (χ0v) is 13.9. The van der Waals surface area contributed by atoms with Crippen molar-refractivity contribution in [2.24, 2.45) is 10.7 Å². The molecule has 24 heavy (non-hydrogen) atoms. The van der Waals surface area contributed by atoms with Crippen LogP contribution in [0.15, 0.2) is 41.4 Å². The number of nitrogens with zero attached hydrogens (tertiary/aromatic N) is 1. The van der Waals surface area contributed by atoms with Gasteiger partial charge in [-0.2, -0.15) is 0 Å². The van der Waals surface area contributed by atoms with Crippen LogP contribution in [0.4, 0.5) is 5.69 Å². The lowest BCUT2D eigenvalue weighted by atomic mass is 9.88. The molecule has 0 saturated heterocycles. The van der Waals surface area contributed by atoms with Crippen molar-refractivity contribution in [1.29, 1.82) is 0 Å². The molecule has 0 fully saturated rings. The van der Waals surface area contributed by atoms with E-state index in [1.54, 1.807) is 13.2 Å². The fourth-order valence-electron chi connectivity index (χ4n) is 3.09. The number of aliphatic imine (C=N–C) groups is 1. The van der Waals surface area contributed by atoms with Crippen molar-refractivity contribution >= 4 is 11.6 Å². The Morgan fingerprint density at radius 1 is 1.17 bits per heavy atom. The Morgan fingerprint density at radius 2 is 1.92 bits per heavy atom. The maximum Gasteiger partial charge on any atom is 0.193 e. The number of rotatable bonds is 4.